The summed E-state index contributed by atoms with van der Waals surface area (Å²) in [6.07, 6.45) is 1.69. The summed E-state index contributed by atoms with van der Waals surface area (Å²) in [6.45, 7) is 1.92. The van der Waals surface area contributed by atoms with E-state index in [0.717, 1.165) is 22.2 Å². The Kier molecular flexibility index (Phi) is 3.28. The number of para-hydroxylation sites is 1. The van der Waals surface area contributed by atoms with Crippen LogP contribution in [0.3, 0.4) is 0 Å². The van der Waals surface area contributed by atoms with E-state index in [1.165, 1.54) is 6.07 Å². The van der Waals surface area contributed by atoms with Gasteiger partial charge in [0.2, 0.25) is 0 Å². The van der Waals surface area contributed by atoms with E-state index in [1.807, 2.05) is 25.1 Å². The molecule has 0 amide bonds. The highest BCUT2D eigenvalue weighted by Crippen LogP contribution is 2.30. The Labute approximate surface area is 121 Å². The molecule has 20 heavy (non-hydrogen) atoms. The normalized spacial score (nSPS) is 10.8. The smallest absolute Gasteiger partial charge is 0.146 e. The van der Waals surface area contributed by atoms with E-state index in [2.05, 4.69) is 10.3 Å². The predicted octanol–water partition coefficient (Wildman–Crippen LogP) is 5.08. The molecule has 0 aliphatic rings. The third kappa shape index (κ3) is 2.21. The summed E-state index contributed by atoms with van der Waals surface area (Å²) in [6, 6.07) is 12.1. The Morgan fingerprint density at radius 2 is 1.85 bits per heavy atom. The first kappa shape index (κ1) is 12.9. The molecule has 0 spiro atoms. The summed E-state index contributed by atoms with van der Waals surface area (Å²) in [4.78, 5) is 4.35. The monoisotopic (exact) mass is 286 g/mol. The molecule has 0 atom stereocenters. The molecule has 2 aromatic carbocycles. The van der Waals surface area contributed by atoms with Crippen LogP contribution in [0.25, 0.3) is 10.9 Å². The molecule has 0 aliphatic heterocycles. The van der Waals surface area contributed by atoms with Crippen molar-refractivity contribution in [2.75, 3.05) is 5.32 Å². The molecule has 3 aromatic rings. The van der Waals surface area contributed by atoms with E-state index >= 15 is 0 Å². The lowest BCUT2D eigenvalue weighted by molar-refractivity contribution is 0.632. The molecule has 1 heterocycles. The number of pyridine rings is 1. The Hall–Kier alpha value is -2.13. The molecule has 4 heteroatoms. The number of aryl methyl sites for hydroxylation is 1. The second-order valence-corrected chi connectivity index (χ2v) is 4.94. The van der Waals surface area contributed by atoms with Gasteiger partial charge in [0, 0.05) is 22.3 Å². The number of halogens is 2. The van der Waals surface area contributed by atoms with Crippen LogP contribution < -0.4 is 5.32 Å². The number of rotatable bonds is 2. The van der Waals surface area contributed by atoms with Crippen molar-refractivity contribution in [2.45, 2.75) is 6.92 Å². The minimum absolute atomic E-state index is 0.289. The highest BCUT2D eigenvalue weighted by Gasteiger charge is 2.08. The molecule has 100 valence electrons. The number of aromatic nitrogens is 1. The van der Waals surface area contributed by atoms with Gasteiger partial charge in [-0.3, -0.25) is 4.98 Å². The average molecular weight is 287 g/mol. The lowest BCUT2D eigenvalue weighted by Crippen LogP contribution is -1.96. The molecule has 0 fully saturated rings. The molecule has 3 rings (SSSR count). The van der Waals surface area contributed by atoms with Crippen molar-refractivity contribution < 1.29 is 4.39 Å². The zero-order chi connectivity index (χ0) is 14.1. The standard InChI is InChI=1S/C16H12ClFN2/c1-10-12(17)7-6-11-14(8-9-19-16(10)11)20-15-5-3-2-4-13(15)18/h2-9H,1H3,(H,19,20). The summed E-state index contributed by atoms with van der Waals surface area (Å²) in [7, 11) is 0. The third-order valence-corrected chi connectivity index (χ3v) is 3.65. The molecular formula is C16H12ClFN2. The van der Waals surface area contributed by atoms with Gasteiger partial charge in [-0.05, 0) is 42.8 Å². The van der Waals surface area contributed by atoms with Gasteiger partial charge in [0.05, 0.1) is 11.2 Å². The average Bonchev–Trinajstić information content (AvgIpc) is 2.46. The number of nitrogens with zero attached hydrogens (tertiary/aromatic N) is 1. The van der Waals surface area contributed by atoms with Gasteiger partial charge in [0.1, 0.15) is 5.82 Å². The maximum Gasteiger partial charge on any atom is 0.146 e. The fraction of sp³-hybridized carbons (Fsp3) is 0.0625. The van der Waals surface area contributed by atoms with Crippen LogP contribution in [-0.4, -0.2) is 4.98 Å². The van der Waals surface area contributed by atoms with Crippen molar-refractivity contribution in [1.82, 2.24) is 4.98 Å². The Morgan fingerprint density at radius 3 is 2.65 bits per heavy atom. The van der Waals surface area contributed by atoms with Crippen molar-refractivity contribution >= 4 is 33.9 Å². The molecule has 0 aliphatic carbocycles. The molecular weight excluding hydrogens is 275 g/mol. The van der Waals surface area contributed by atoms with E-state index < -0.39 is 0 Å². The molecule has 1 aromatic heterocycles. The first-order chi connectivity index (χ1) is 9.66. The summed E-state index contributed by atoms with van der Waals surface area (Å²) in [5.41, 5.74) is 2.98. The molecule has 0 unspecified atom stereocenters. The zero-order valence-electron chi connectivity index (χ0n) is 10.8. The van der Waals surface area contributed by atoms with Gasteiger partial charge in [-0.25, -0.2) is 4.39 Å². The number of nitrogens with one attached hydrogen (secondary N) is 1. The summed E-state index contributed by atoms with van der Waals surface area (Å²) < 4.78 is 13.7. The molecule has 0 saturated carbocycles. The van der Waals surface area contributed by atoms with Crippen LogP contribution in [0.1, 0.15) is 5.56 Å². The number of benzene rings is 2. The maximum atomic E-state index is 13.7. The fourth-order valence-corrected chi connectivity index (χ4v) is 2.30. The zero-order valence-corrected chi connectivity index (χ0v) is 11.6. The lowest BCUT2D eigenvalue weighted by atomic mass is 10.1. The first-order valence-electron chi connectivity index (χ1n) is 6.22. The van der Waals surface area contributed by atoms with Gasteiger partial charge in [-0.2, -0.15) is 0 Å². The highest BCUT2D eigenvalue weighted by atomic mass is 35.5. The first-order valence-corrected chi connectivity index (χ1v) is 6.60. The van der Waals surface area contributed by atoms with Crippen LogP contribution in [0.4, 0.5) is 15.8 Å². The van der Waals surface area contributed by atoms with Crippen molar-refractivity contribution in [2.24, 2.45) is 0 Å². The third-order valence-electron chi connectivity index (χ3n) is 3.24. The predicted molar refractivity (Wildman–Crippen MR) is 81.2 cm³/mol. The van der Waals surface area contributed by atoms with Gasteiger partial charge < -0.3 is 5.32 Å². The van der Waals surface area contributed by atoms with Gasteiger partial charge >= 0.3 is 0 Å². The minimum Gasteiger partial charge on any atom is -0.353 e. The van der Waals surface area contributed by atoms with Gasteiger partial charge in [0.25, 0.3) is 0 Å². The van der Waals surface area contributed by atoms with E-state index in [4.69, 9.17) is 11.6 Å². The molecule has 0 bridgehead atoms. The van der Waals surface area contributed by atoms with Crippen molar-refractivity contribution in [3.63, 3.8) is 0 Å². The Morgan fingerprint density at radius 1 is 1.05 bits per heavy atom. The molecule has 0 saturated heterocycles. The highest BCUT2D eigenvalue weighted by molar-refractivity contribution is 6.32. The Balaban J connectivity index is 2.13. The van der Waals surface area contributed by atoms with E-state index in [1.54, 1.807) is 24.4 Å². The fourth-order valence-electron chi connectivity index (χ4n) is 2.15. The van der Waals surface area contributed by atoms with Crippen LogP contribution in [0.2, 0.25) is 5.02 Å². The van der Waals surface area contributed by atoms with Gasteiger partial charge in [-0.15, -0.1) is 0 Å². The van der Waals surface area contributed by atoms with E-state index in [9.17, 15) is 4.39 Å². The quantitative estimate of drug-likeness (QED) is 0.710. The van der Waals surface area contributed by atoms with Crippen molar-refractivity contribution in [3.05, 3.63) is 65.1 Å². The van der Waals surface area contributed by atoms with Gasteiger partial charge in [-0.1, -0.05) is 23.7 Å². The van der Waals surface area contributed by atoms with E-state index in [0.29, 0.717) is 10.7 Å². The van der Waals surface area contributed by atoms with E-state index in [-0.39, 0.29) is 5.82 Å². The molecule has 0 radical (unpaired) electrons. The lowest BCUT2D eigenvalue weighted by Gasteiger charge is -2.11. The number of fused-ring (bicyclic) bond motifs is 1. The SMILES string of the molecule is Cc1c(Cl)ccc2c(Nc3ccccc3F)ccnc12. The largest absolute Gasteiger partial charge is 0.353 e. The van der Waals surface area contributed by atoms with Crippen LogP contribution in [-0.2, 0) is 0 Å². The van der Waals surface area contributed by atoms with Crippen LogP contribution in [0, 0.1) is 12.7 Å². The van der Waals surface area contributed by atoms with Crippen LogP contribution >= 0.6 is 11.6 Å². The van der Waals surface area contributed by atoms with Crippen molar-refractivity contribution in [3.8, 4) is 0 Å². The topological polar surface area (TPSA) is 24.9 Å². The molecule has 2 nitrogen and oxygen atoms in total. The van der Waals surface area contributed by atoms with Crippen LogP contribution in [0.5, 0.6) is 0 Å². The van der Waals surface area contributed by atoms with Gasteiger partial charge in [0.15, 0.2) is 0 Å². The molecule has 1 N–H and O–H groups in total. The van der Waals surface area contributed by atoms with Crippen LogP contribution in [0.15, 0.2) is 48.7 Å². The van der Waals surface area contributed by atoms with Crippen molar-refractivity contribution in [1.29, 1.82) is 0 Å². The summed E-state index contributed by atoms with van der Waals surface area (Å²) in [5.74, 6) is -0.289. The number of hydrogen-bond donors (Lipinski definition) is 1. The maximum absolute atomic E-state index is 13.7. The Bertz CT molecular complexity index is 787. The summed E-state index contributed by atoms with van der Waals surface area (Å²) in [5, 5.41) is 4.69. The summed E-state index contributed by atoms with van der Waals surface area (Å²) >= 11 is 6.11. The minimum atomic E-state index is -0.289. The second kappa shape index (κ2) is 5.10. The number of hydrogen-bond acceptors (Lipinski definition) is 2. The second-order valence-electron chi connectivity index (χ2n) is 4.53. The number of anilines is 2.